The summed E-state index contributed by atoms with van der Waals surface area (Å²) in [6.07, 6.45) is 12.1. The molecule has 3 saturated carbocycles. The van der Waals surface area contributed by atoms with Gasteiger partial charge in [0.2, 0.25) is 0 Å². The lowest BCUT2D eigenvalue weighted by Gasteiger charge is -2.55. The molecule has 4 aliphatic carbocycles. The Morgan fingerprint density at radius 3 is 2.67 bits per heavy atom. The average molecular weight is 284 g/mol. The Hall–Kier alpha value is -1.18. The van der Waals surface area contributed by atoms with Gasteiger partial charge in [0, 0.05) is 17.3 Å². The number of Topliss-reactive ketones (excluding diaryl/α,β-unsaturated/α-hetero) is 1. The Labute approximate surface area is 126 Å². The van der Waals surface area contributed by atoms with Crippen LogP contribution in [-0.4, -0.2) is 11.6 Å². The number of carbonyl (C=O) groups is 2. The normalized spacial score (nSPS) is 48.5. The Morgan fingerprint density at radius 2 is 1.86 bits per heavy atom. The van der Waals surface area contributed by atoms with Crippen molar-refractivity contribution in [3.05, 3.63) is 23.8 Å². The Kier molecular flexibility index (Phi) is 2.68. The van der Waals surface area contributed by atoms with E-state index < -0.39 is 0 Å². The molecule has 0 spiro atoms. The highest BCUT2D eigenvalue weighted by atomic mass is 16.1. The second kappa shape index (κ2) is 4.18. The summed E-state index contributed by atoms with van der Waals surface area (Å²) >= 11 is 0. The smallest absolute Gasteiger partial charge is 0.178 e. The van der Waals surface area contributed by atoms with Gasteiger partial charge in [-0.2, -0.15) is 0 Å². The van der Waals surface area contributed by atoms with Gasteiger partial charge >= 0.3 is 0 Å². The SMILES string of the molecule is C[C@]12C=CC(=O)C=C1CCC1[C@@H]2CC[C@]2(C)C(=O)CC[C@@H]12. The number of rotatable bonds is 0. The number of hydrogen-bond donors (Lipinski definition) is 0. The van der Waals surface area contributed by atoms with Crippen LogP contribution in [0.1, 0.15) is 52.4 Å². The van der Waals surface area contributed by atoms with Crippen LogP contribution in [0.5, 0.6) is 0 Å². The summed E-state index contributed by atoms with van der Waals surface area (Å²) in [4.78, 5) is 24.0. The molecule has 2 heteroatoms. The third-order valence-corrected chi connectivity index (χ3v) is 7.27. The molecule has 0 radical (unpaired) electrons. The van der Waals surface area contributed by atoms with Gasteiger partial charge in [0.1, 0.15) is 5.78 Å². The molecule has 0 saturated heterocycles. The van der Waals surface area contributed by atoms with Crippen LogP contribution in [0.25, 0.3) is 0 Å². The zero-order valence-corrected chi connectivity index (χ0v) is 13.0. The fraction of sp³-hybridized carbons (Fsp3) is 0.684. The maximum Gasteiger partial charge on any atom is 0.178 e. The molecule has 1 unspecified atom stereocenters. The molecule has 4 rings (SSSR count). The lowest BCUT2D eigenvalue weighted by atomic mass is 9.48. The molecule has 0 aliphatic heterocycles. The summed E-state index contributed by atoms with van der Waals surface area (Å²) in [6, 6.07) is 0. The monoisotopic (exact) mass is 284 g/mol. The summed E-state index contributed by atoms with van der Waals surface area (Å²) in [6.45, 7) is 4.54. The number of ketones is 2. The highest BCUT2D eigenvalue weighted by molar-refractivity contribution is 6.01. The number of fused-ring (bicyclic) bond motifs is 5. The van der Waals surface area contributed by atoms with Gasteiger partial charge in [0.25, 0.3) is 0 Å². The lowest BCUT2D eigenvalue weighted by Crippen LogP contribution is -2.49. The van der Waals surface area contributed by atoms with Crippen molar-refractivity contribution in [3.63, 3.8) is 0 Å². The van der Waals surface area contributed by atoms with Gasteiger partial charge in [-0.3, -0.25) is 9.59 Å². The van der Waals surface area contributed by atoms with Crippen molar-refractivity contribution >= 4 is 11.6 Å². The number of hydrogen-bond acceptors (Lipinski definition) is 2. The first-order chi connectivity index (χ1) is 9.95. The van der Waals surface area contributed by atoms with Gasteiger partial charge in [-0.1, -0.05) is 25.5 Å². The Balaban J connectivity index is 1.72. The zero-order chi connectivity index (χ0) is 14.8. The third-order valence-electron chi connectivity index (χ3n) is 7.27. The fourth-order valence-electron chi connectivity index (χ4n) is 5.97. The Bertz CT molecular complexity index is 584. The summed E-state index contributed by atoms with van der Waals surface area (Å²) in [5.41, 5.74) is 1.35. The van der Waals surface area contributed by atoms with Crippen LogP contribution in [0.2, 0.25) is 0 Å². The molecule has 0 aromatic carbocycles. The summed E-state index contributed by atoms with van der Waals surface area (Å²) in [7, 11) is 0. The van der Waals surface area contributed by atoms with E-state index in [1.54, 1.807) is 6.08 Å². The molecule has 0 bridgehead atoms. The predicted molar refractivity (Wildman–Crippen MR) is 81.6 cm³/mol. The van der Waals surface area contributed by atoms with Gasteiger partial charge in [-0.25, -0.2) is 0 Å². The van der Waals surface area contributed by atoms with Crippen LogP contribution in [0.15, 0.2) is 23.8 Å². The van der Waals surface area contributed by atoms with E-state index in [2.05, 4.69) is 19.9 Å². The van der Waals surface area contributed by atoms with E-state index in [1.165, 1.54) is 12.0 Å². The van der Waals surface area contributed by atoms with Gasteiger partial charge < -0.3 is 0 Å². The summed E-state index contributed by atoms with van der Waals surface area (Å²) in [5, 5.41) is 0. The van der Waals surface area contributed by atoms with Gasteiger partial charge in [-0.05, 0) is 62.0 Å². The van der Waals surface area contributed by atoms with Crippen molar-refractivity contribution in [2.24, 2.45) is 28.6 Å². The molecule has 4 aliphatic rings. The minimum absolute atomic E-state index is 0.0487. The fourth-order valence-corrected chi connectivity index (χ4v) is 5.97. The van der Waals surface area contributed by atoms with Gasteiger partial charge in [0.05, 0.1) is 0 Å². The predicted octanol–water partition coefficient (Wildman–Crippen LogP) is 3.86. The van der Waals surface area contributed by atoms with Crippen molar-refractivity contribution < 1.29 is 9.59 Å². The van der Waals surface area contributed by atoms with E-state index in [4.69, 9.17) is 0 Å². The molecule has 112 valence electrons. The van der Waals surface area contributed by atoms with Crippen LogP contribution >= 0.6 is 0 Å². The number of allylic oxidation sites excluding steroid dienone is 4. The van der Waals surface area contributed by atoms with Crippen LogP contribution in [-0.2, 0) is 9.59 Å². The van der Waals surface area contributed by atoms with E-state index in [0.717, 1.165) is 32.1 Å². The van der Waals surface area contributed by atoms with E-state index in [1.807, 2.05) is 6.08 Å². The molecule has 21 heavy (non-hydrogen) atoms. The molecule has 3 fully saturated rings. The van der Waals surface area contributed by atoms with Crippen molar-refractivity contribution in [1.29, 1.82) is 0 Å². The van der Waals surface area contributed by atoms with Gasteiger partial charge in [0.15, 0.2) is 5.78 Å². The first-order valence-corrected chi connectivity index (χ1v) is 8.43. The summed E-state index contributed by atoms with van der Waals surface area (Å²) in [5.74, 6) is 2.51. The quantitative estimate of drug-likeness (QED) is 0.677. The van der Waals surface area contributed by atoms with E-state index in [9.17, 15) is 9.59 Å². The van der Waals surface area contributed by atoms with Crippen molar-refractivity contribution in [1.82, 2.24) is 0 Å². The first kappa shape index (κ1) is 13.5. The largest absolute Gasteiger partial charge is 0.299 e. The standard InChI is InChI=1S/C19H24O2/c1-18-9-7-13(20)11-12(18)3-4-14-15-5-6-17(21)19(15,2)10-8-16(14)18/h7,9,11,14-16H,3-6,8,10H2,1-2H3/t14?,15-,16-,18-,19-/m0/s1. The van der Waals surface area contributed by atoms with Crippen molar-refractivity contribution in [2.45, 2.75) is 52.4 Å². The van der Waals surface area contributed by atoms with Crippen LogP contribution in [0.4, 0.5) is 0 Å². The average Bonchev–Trinajstić information content (AvgIpc) is 2.76. The maximum atomic E-state index is 12.3. The third kappa shape index (κ3) is 1.65. The molecule has 0 heterocycles. The van der Waals surface area contributed by atoms with E-state index in [-0.39, 0.29) is 16.6 Å². The van der Waals surface area contributed by atoms with Crippen molar-refractivity contribution in [2.75, 3.05) is 0 Å². The first-order valence-electron chi connectivity index (χ1n) is 8.43. The molecular weight excluding hydrogens is 260 g/mol. The van der Waals surface area contributed by atoms with Crippen LogP contribution in [0.3, 0.4) is 0 Å². The highest BCUT2D eigenvalue weighted by Gasteiger charge is 2.58. The molecular formula is C19H24O2. The summed E-state index contributed by atoms with van der Waals surface area (Å²) < 4.78 is 0. The second-order valence-electron chi connectivity index (χ2n) is 8.02. The Morgan fingerprint density at radius 1 is 1.05 bits per heavy atom. The molecule has 0 N–H and O–H groups in total. The zero-order valence-electron chi connectivity index (χ0n) is 13.0. The van der Waals surface area contributed by atoms with E-state index in [0.29, 0.717) is 23.5 Å². The molecule has 5 atom stereocenters. The maximum absolute atomic E-state index is 12.3. The lowest BCUT2D eigenvalue weighted by molar-refractivity contribution is -0.131. The molecule has 0 amide bonds. The minimum atomic E-state index is -0.0487. The highest BCUT2D eigenvalue weighted by Crippen LogP contribution is 2.63. The molecule has 2 nitrogen and oxygen atoms in total. The van der Waals surface area contributed by atoms with Crippen molar-refractivity contribution in [3.8, 4) is 0 Å². The minimum Gasteiger partial charge on any atom is -0.299 e. The second-order valence-corrected chi connectivity index (χ2v) is 8.02. The molecule has 0 aromatic heterocycles. The van der Waals surface area contributed by atoms with Crippen LogP contribution in [0, 0.1) is 28.6 Å². The topological polar surface area (TPSA) is 34.1 Å². The molecule has 0 aromatic rings. The van der Waals surface area contributed by atoms with Crippen LogP contribution < -0.4 is 0 Å². The van der Waals surface area contributed by atoms with E-state index >= 15 is 0 Å². The number of carbonyl (C=O) groups excluding carboxylic acids is 2. The van der Waals surface area contributed by atoms with Gasteiger partial charge in [-0.15, -0.1) is 0 Å².